The summed E-state index contributed by atoms with van der Waals surface area (Å²) in [4.78, 5) is 11.1. The van der Waals surface area contributed by atoms with Gasteiger partial charge in [0, 0.05) is 31.6 Å². The minimum atomic E-state index is -3.43. The monoisotopic (exact) mass is 290 g/mol. The number of carbonyl (C=O) groups is 1. The second-order valence-corrected chi connectivity index (χ2v) is 6.59. The maximum atomic E-state index is 11.5. The predicted octanol–water partition coefficient (Wildman–Crippen LogP) is 0.742. The molecule has 0 atom stereocenters. The number of nitrogens with one attached hydrogen (secondary N) is 1. The molecule has 0 saturated heterocycles. The number of rotatable bonds is 6. The van der Waals surface area contributed by atoms with Crippen molar-refractivity contribution in [3.63, 3.8) is 0 Å². The number of carboxylic acid groups (broad SMARTS) is 1. The lowest BCUT2D eigenvalue weighted by molar-refractivity contribution is -0.131. The Hall–Kier alpha value is -1.22. The number of hydrogen-bond acceptors (Lipinski definition) is 4. The summed E-state index contributed by atoms with van der Waals surface area (Å²) in [6.45, 7) is 0.187. The molecule has 0 saturated carbocycles. The van der Waals surface area contributed by atoms with Crippen LogP contribution in [0.25, 0.3) is 6.08 Å². The number of hydrogen-bond donors (Lipinski definition) is 2. The molecule has 0 amide bonds. The van der Waals surface area contributed by atoms with Crippen LogP contribution in [0.2, 0.25) is 0 Å². The van der Waals surface area contributed by atoms with Crippen molar-refractivity contribution < 1.29 is 18.3 Å². The Morgan fingerprint density at radius 3 is 2.78 bits per heavy atom. The molecule has 0 aliphatic heterocycles. The average molecular weight is 290 g/mol. The van der Waals surface area contributed by atoms with Gasteiger partial charge in [-0.15, -0.1) is 11.3 Å². The van der Waals surface area contributed by atoms with Gasteiger partial charge in [0.25, 0.3) is 10.2 Å². The fraction of sp³-hybridized carbons (Fsp3) is 0.300. The summed E-state index contributed by atoms with van der Waals surface area (Å²) in [5.41, 5.74) is 0.737. The van der Waals surface area contributed by atoms with E-state index in [-0.39, 0.29) is 6.54 Å². The van der Waals surface area contributed by atoms with Gasteiger partial charge in [-0.1, -0.05) is 0 Å². The van der Waals surface area contributed by atoms with Gasteiger partial charge in [0.1, 0.15) is 0 Å². The molecule has 1 heterocycles. The summed E-state index contributed by atoms with van der Waals surface area (Å²) in [7, 11) is -0.550. The van der Waals surface area contributed by atoms with E-state index in [2.05, 4.69) is 4.72 Å². The van der Waals surface area contributed by atoms with Crippen molar-refractivity contribution >= 4 is 33.6 Å². The molecular formula is C10H14N2O4S2. The van der Waals surface area contributed by atoms with E-state index in [1.54, 1.807) is 11.4 Å². The van der Waals surface area contributed by atoms with Crippen LogP contribution in [0, 0.1) is 0 Å². The first kappa shape index (κ1) is 14.8. The first-order valence-electron chi connectivity index (χ1n) is 4.97. The predicted molar refractivity (Wildman–Crippen MR) is 70.4 cm³/mol. The molecule has 0 aromatic carbocycles. The summed E-state index contributed by atoms with van der Waals surface area (Å²) in [5.74, 6) is -1.02. The third kappa shape index (κ3) is 4.57. The van der Waals surface area contributed by atoms with Gasteiger partial charge in [-0.2, -0.15) is 17.4 Å². The van der Waals surface area contributed by atoms with Crippen LogP contribution in [0.5, 0.6) is 0 Å². The minimum Gasteiger partial charge on any atom is -0.478 e. The average Bonchev–Trinajstić information content (AvgIpc) is 2.71. The van der Waals surface area contributed by atoms with Gasteiger partial charge in [-0.3, -0.25) is 0 Å². The third-order valence-electron chi connectivity index (χ3n) is 2.00. The van der Waals surface area contributed by atoms with Crippen LogP contribution >= 0.6 is 11.3 Å². The Morgan fingerprint density at radius 2 is 2.22 bits per heavy atom. The second kappa shape index (κ2) is 6.10. The molecule has 2 N–H and O–H groups in total. The highest BCUT2D eigenvalue weighted by Crippen LogP contribution is 2.16. The van der Waals surface area contributed by atoms with Gasteiger partial charge in [-0.25, -0.2) is 4.79 Å². The molecule has 0 aliphatic rings. The fourth-order valence-corrected chi connectivity index (χ4v) is 2.52. The first-order chi connectivity index (χ1) is 8.31. The highest BCUT2D eigenvalue weighted by molar-refractivity contribution is 7.87. The van der Waals surface area contributed by atoms with Crippen LogP contribution in [0.4, 0.5) is 0 Å². The number of nitrogens with zero attached hydrogens (tertiary/aromatic N) is 1. The molecule has 0 aliphatic carbocycles. The smallest absolute Gasteiger partial charge is 0.328 e. The van der Waals surface area contributed by atoms with Crippen molar-refractivity contribution in [3.8, 4) is 0 Å². The molecule has 6 nitrogen and oxygen atoms in total. The van der Waals surface area contributed by atoms with E-state index in [1.807, 2.05) is 0 Å². The largest absolute Gasteiger partial charge is 0.478 e. The van der Waals surface area contributed by atoms with Crippen LogP contribution in [0.3, 0.4) is 0 Å². The first-order valence-corrected chi connectivity index (χ1v) is 7.29. The lowest BCUT2D eigenvalue weighted by Crippen LogP contribution is -2.34. The van der Waals surface area contributed by atoms with E-state index in [9.17, 15) is 13.2 Å². The zero-order valence-corrected chi connectivity index (χ0v) is 11.6. The Kier molecular flexibility index (Phi) is 5.03. The lowest BCUT2D eigenvalue weighted by atomic mass is 10.3. The zero-order valence-electron chi connectivity index (χ0n) is 9.95. The van der Waals surface area contributed by atoms with Crippen molar-refractivity contribution in [2.24, 2.45) is 0 Å². The van der Waals surface area contributed by atoms with E-state index < -0.39 is 16.2 Å². The summed E-state index contributed by atoms with van der Waals surface area (Å²) < 4.78 is 26.4. The Labute approximate surface area is 110 Å². The van der Waals surface area contributed by atoms with Crippen molar-refractivity contribution in [1.82, 2.24) is 9.03 Å². The molecule has 1 aromatic heterocycles. The number of carboxylic acids is 1. The molecule has 18 heavy (non-hydrogen) atoms. The Balaban J connectivity index is 2.63. The summed E-state index contributed by atoms with van der Waals surface area (Å²) >= 11 is 1.36. The maximum absolute atomic E-state index is 11.5. The van der Waals surface area contributed by atoms with Crippen LogP contribution in [0.1, 0.15) is 10.4 Å². The zero-order chi connectivity index (χ0) is 13.8. The Morgan fingerprint density at radius 1 is 1.56 bits per heavy atom. The van der Waals surface area contributed by atoms with Crippen molar-refractivity contribution in [2.75, 3.05) is 14.1 Å². The Bertz CT molecular complexity index is 546. The summed E-state index contributed by atoms with van der Waals surface area (Å²) in [6.07, 6.45) is 2.50. The molecule has 100 valence electrons. The van der Waals surface area contributed by atoms with E-state index >= 15 is 0 Å². The van der Waals surface area contributed by atoms with Gasteiger partial charge in [-0.05, 0) is 23.1 Å². The standard InChI is InChI=1S/C10H14N2O4S2/c1-12(2)18(15,16)11-6-9-5-8(7-17-9)3-4-10(13)14/h3-5,7,11H,6H2,1-2H3,(H,13,14). The van der Waals surface area contributed by atoms with Crippen molar-refractivity contribution in [1.29, 1.82) is 0 Å². The quantitative estimate of drug-likeness (QED) is 0.757. The van der Waals surface area contributed by atoms with Gasteiger partial charge < -0.3 is 5.11 Å². The van der Waals surface area contributed by atoms with Crippen LogP contribution in [-0.2, 0) is 21.5 Å². The maximum Gasteiger partial charge on any atom is 0.328 e. The van der Waals surface area contributed by atoms with Gasteiger partial charge >= 0.3 is 5.97 Å². The third-order valence-corrected chi connectivity index (χ3v) is 4.43. The van der Waals surface area contributed by atoms with Crippen molar-refractivity contribution in [2.45, 2.75) is 6.54 Å². The van der Waals surface area contributed by atoms with Crippen molar-refractivity contribution in [3.05, 3.63) is 28.0 Å². The minimum absolute atomic E-state index is 0.187. The van der Waals surface area contributed by atoms with Gasteiger partial charge in [0.2, 0.25) is 0 Å². The summed E-state index contributed by atoms with van der Waals surface area (Å²) in [6, 6.07) is 1.74. The molecule has 0 spiro atoms. The number of aliphatic carboxylic acids is 1. The molecule has 0 unspecified atom stereocenters. The second-order valence-electron chi connectivity index (χ2n) is 3.63. The highest BCUT2D eigenvalue weighted by atomic mass is 32.2. The molecule has 0 bridgehead atoms. The van der Waals surface area contributed by atoms with E-state index in [0.29, 0.717) is 0 Å². The van der Waals surface area contributed by atoms with Gasteiger partial charge in [0.15, 0.2) is 0 Å². The molecule has 0 fully saturated rings. The normalized spacial score (nSPS) is 12.4. The van der Waals surface area contributed by atoms with Crippen LogP contribution in [-0.4, -0.2) is 37.9 Å². The highest BCUT2D eigenvalue weighted by Gasteiger charge is 2.12. The molecule has 1 rings (SSSR count). The lowest BCUT2D eigenvalue weighted by Gasteiger charge is -2.11. The number of thiophene rings is 1. The topological polar surface area (TPSA) is 86.7 Å². The van der Waals surface area contributed by atoms with Gasteiger partial charge in [0.05, 0.1) is 0 Å². The van der Waals surface area contributed by atoms with E-state index in [4.69, 9.17) is 5.11 Å². The fourth-order valence-electron chi connectivity index (χ4n) is 1.04. The van der Waals surface area contributed by atoms with Crippen LogP contribution < -0.4 is 4.72 Å². The molecular weight excluding hydrogens is 276 g/mol. The van der Waals surface area contributed by atoms with E-state index in [1.165, 1.54) is 31.5 Å². The summed E-state index contributed by atoms with van der Waals surface area (Å²) in [5, 5.41) is 10.2. The molecule has 0 radical (unpaired) electrons. The molecule has 8 heteroatoms. The van der Waals surface area contributed by atoms with Crippen LogP contribution in [0.15, 0.2) is 17.5 Å². The molecule has 1 aromatic rings. The SMILES string of the molecule is CN(C)S(=O)(=O)NCc1cc(C=CC(=O)O)cs1. The van der Waals surface area contributed by atoms with E-state index in [0.717, 1.165) is 20.8 Å².